The first-order chi connectivity index (χ1) is 8.28. The first-order valence-electron chi connectivity index (χ1n) is 5.18. The summed E-state index contributed by atoms with van der Waals surface area (Å²) < 4.78 is 10.3. The molecule has 0 N–H and O–H groups in total. The molecule has 0 bridgehead atoms. The van der Waals surface area contributed by atoms with Gasteiger partial charge in [-0.25, -0.2) is 0 Å². The van der Waals surface area contributed by atoms with Gasteiger partial charge in [0.25, 0.3) is 6.26 Å². The Morgan fingerprint density at radius 3 is 1.82 bits per heavy atom. The van der Waals surface area contributed by atoms with Crippen LogP contribution in [0.2, 0.25) is 0 Å². The summed E-state index contributed by atoms with van der Waals surface area (Å²) in [5, 5.41) is 8.35. The average molecular weight is 225 g/mol. The fourth-order valence-electron chi connectivity index (χ4n) is 1.37. The summed E-state index contributed by atoms with van der Waals surface area (Å²) in [6.07, 6.45) is 1.62. The third-order valence-electron chi connectivity index (χ3n) is 2.24. The highest BCUT2D eigenvalue weighted by atomic mass is 16.5. The lowest BCUT2D eigenvalue weighted by molar-refractivity contribution is 0.476. The van der Waals surface area contributed by atoms with Crippen molar-refractivity contribution in [1.82, 2.24) is 0 Å². The highest BCUT2D eigenvalue weighted by molar-refractivity contribution is 5.36. The van der Waals surface area contributed by atoms with Gasteiger partial charge in [0.15, 0.2) is 0 Å². The van der Waals surface area contributed by atoms with Gasteiger partial charge in [-0.15, -0.1) is 5.26 Å². The van der Waals surface area contributed by atoms with E-state index in [1.54, 1.807) is 30.5 Å². The monoisotopic (exact) mass is 225 g/mol. The number of nitriles is 1. The zero-order valence-electron chi connectivity index (χ0n) is 9.38. The van der Waals surface area contributed by atoms with Gasteiger partial charge < -0.3 is 9.47 Å². The van der Waals surface area contributed by atoms with Crippen LogP contribution in [0.15, 0.2) is 48.5 Å². The highest BCUT2D eigenvalue weighted by Gasteiger charge is 1.98. The maximum absolute atomic E-state index is 8.35. The van der Waals surface area contributed by atoms with Crippen molar-refractivity contribution in [3.8, 4) is 23.5 Å². The number of nitrogens with zero attached hydrogens (tertiary/aromatic N) is 1. The van der Waals surface area contributed by atoms with Crippen LogP contribution in [0, 0.1) is 18.4 Å². The minimum absolute atomic E-state index is 0.503. The lowest BCUT2D eigenvalue weighted by atomic mass is 10.2. The van der Waals surface area contributed by atoms with Crippen molar-refractivity contribution < 1.29 is 9.47 Å². The Kier molecular flexibility index (Phi) is 3.27. The lowest BCUT2D eigenvalue weighted by Gasteiger charge is -2.06. The molecule has 0 aliphatic rings. The Morgan fingerprint density at radius 2 is 1.29 bits per heavy atom. The van der Waals surface area contributed by atoms with Crippen molar-refractivity contribution in [2.45, 2.75) is 6.92 Å². The quantitative estimate of drug-likeness (QED) is 0.749. The maximum atomic E-state index is 8.35. The van der Waals surface area contributed by atoms with Crippen LogP contribution in [-0.4, -0.2) is 0 Å². The predicted octanol–water partition coefficient (Wildman–Crippen LogP) is 3.65. The van der Waals surface area contributed by atoms with Crippen LogP contribution in [0.4, 0.5) is 0 Å². The van der Waals surface area contributed by atoms with Gasteiger partial charge in [0.1, 0.15) is 17.2 Å². The second-order valence-electron chi connectivity index (χ2n) is 3.58. The molecule has 3 heteroatoms. The predicted molar refractivity (Wildman–Crippen MR) is 63.9 cm³/mol. The molecule has 0 amide bonds. The molecular weight excluding hydrogens is 214 g/mol. The van der Waals surface area contributed by atoms with Crippen molar-refractivity contribution in [2.75, 3.05) is 0 Å². The molecule has 84 valence electrons. The van der Waals surface area contributed by atoms with Crippen LogP contribution in [0.25, 0.3) is 0 Å². The van der Waals surface area contributed by atoms with E-state index in [9.17, 15) is 0 Å². The molecule has 2 aromatic rings. The van der Waals surface area contributed by atoms with Gasteiger partial charge in [-0.3, -0.25) is 0 Å². The smallest absolute Gasteiger partial charge is 0.292 e. The number of rotatable bonds is 3. The molecule has 0 heterocycles. The van der Waals surface area contributed by atoms with E-state index in [0.29, 0.717) is 11.5 Å². The molecule has 0 saturated heterocycles. The van der Waals surface area contributed by atoms with E-state index in [1.807, 2.05) is 31.2 Å². The van der Waals surface area contributed by atoms with Gasteiger partial charge >= 0.3 is 0 Å². The molecule has 0 aliphatic carbocycles. The third kappa shape index (κ3) is 2.99. The Morgan fingerprint density at radius 1 is 0.824 bits per heavy atom. The van der Waals surface area contributed by atoms with Crippen molar-refractivity contribution in [3.63, 3.8) is 0 Å². The van der Waals surface area contributed by atoms with Gasteiger partial charge in [-0.05, 0) is 43.3 Å². The van der Waals surface area contributed by atoms with Crippen molar-refractivity contribution in [2.24, 2.45) is 0 Å². The number of aryl methyl sites for hydroxylation is 1. The summed E-state index contributed by atoms with van der Waals surface area (Å²) in [4.78, 5) is 0. The third-order valence-corrected chi connectivity index (χ3v) is 2.24. The molecule has 0 spiro atoms. The molecule has 0 unspecified atom stereocenters. The Bertz CT molecular complexity index is 524. The Balaban J connectivity index is 2.09. The number of hydrogen-bond acceptors (Lipinski definition) is 3. The van der Waals surface area contributed by atoms with E-state index in [-0.39, 0.29) is 0 Å². The minimum atomic E-state index is 0.503. The summed E-state index contributed by atoms with van der Waals surface area (Å²) in [6.45, 7) is 2.03. The second kappa shape index (κ2) is 5.04. The number of hydrogen-bond donors (Lipinski definition) is 0. The highest BCUT2D eigenvalue weighted by Crippen LogP contribution is 2.23. The fraction of sp³-hybridized carbons (Fsp3) is 0.0714. The number of benzene rings is 2. The van der Waals surface area contributed by atoms with Gasteiger partial charge in [-0.2, -0.15) is 0 Å². The van der Waals surface area contributed by atoms with Gasteiger partial charge in [0.05, 0.1) is 0 Å². The molecule has 0 atom stereocenters. The molecule has 3 nitrogen and oxygen atoms in total. The van der Waals surface area contributed by atoms with E-state index < -0.39 is 0 Å². The second-order valence-corrected chi connectivity index (χ2v) is 3.58. The summed E-state index contributed by atoms with van der Waals surface area (Å²) in [7, 11) is 0. The zero-order chi connectivity index (χ0) is 12.1. The first-order valence-corrected chi connectivity index (χ1v) is 5.18. The molecule has 2 rings (SSSR count). The van der Waals surface area contributed by atoms with E-state index in [1.165, 1.54) is 5.56 Å². The SMILES string of the molecule is Cc1ccc(Oc2ccc(OC#N)cc2)cc1. The molecular formula is C14H11NO2. The maximum Gasteiger partial charge on any atom is 0.292 e. The van der Waals surface area contributed by atoms with Crippen LogP contribution in [0.1, 0.15) is 5.56 Å². The summed E-state index contributed by atoms with van der Waals surface area (Å²) >= 11 is 0. The van der Waals surface area contributed by atoms with Crippen LogP contribution >= 0.6 is 0 Å². The summed E-state index contributed by atoms with van der Waals surface area (Å²) in [5.41, 5.74) is 1.19. The summed E-state index contributed by atoms with van der Waals surface area (Å²) in [6, 6.07) is 14.7. The summed E-state index contributed by atoms with van der Waals surface area (Å²) in [5.74, 6) is 1.99. The van der Waals surface area contributed by atoms with Crippen LogP contribution in [-0.2, 0) is 0 Å². The molecule has 0 aromatic heterocycles. The van der Waals surface area contributed by atoms with Crippen molar-refractivity contribution in [3.05, 3.63) is 54.1 Å². The van der Waals surface area contributed by atoms with Gasteiger partial charge in [0, 0.05) is 0 Å². The topological polar surface area (TPSA) is 42.2 Å². The Labute approximate surface area is 99.8 Å². The van der Waals surface area contributed by atoms with Gasteiger partial charge in [0.2, 0.25) is 0 Å². The van der Waals surface area contributed by atoms with E-state index in [4.69, 9.17) is 10.00 Å². The largest absolute Gasteiger partial charge is 0.457 e. The molecule has 17 heavy (non-hydrogen) atoms. The normalized spacial score (nSPS) is 9.41. The first kappa shape index (κ1) is 11.0. The van der Waals surface area contributed by atoms with Crippen molar-refractivity contribution in [1.29, 1.82) is 5.26 Å². The minimum Gasteiger partial charge on any atom is -0.457 e. The lowest BCUT2D eigenvalue weighted by Crippen LogP contribution is -1.85. The Hall–Kier alpha value is -2.47. The van der Waals surface area contributed by atoms with Crippen molar-refractivity contribution >= 4 is 0 Å². The zero-order valence-corrected chi connectivity index (χ0v) is 9.38. The van der Waals surface area contributed by atoms with E-state index >= 15 is 0 Å². The van der Waals surface area contributed by atoms with Crippen LogP contribution < -0.4 is 9.47 Å². The number of ether oxygens (including phenoxy) is 2. The van der Waals surface area contributed by atoms with Crippen LogP contribution in [0.3, 0.4) is 0 Å². The molecule has 0 radical (unpaired) electrons. The van der Waals surface area contributed by atoms with E-state index in [2.05, 4.69) is 4.74 Å². The van der Waals surface area contributed by atoms with Crippen LogP contribution in [0.5, 0.6) is 17.2 Å². The average Bonchev–Trinajstić information content (AvgIpc) is 2.35. The van der Waals surface area contributed by atoms with Gasteiger partial charge in [-0.1, -0.05) is 17.7 Å². The standard InChI is InChI=1S/C14H11NO2/c1-11-2-4-13(5-3-11)17-14-8-6-12(7-9-14)16-10-15/h2-9H,1H3. The fourth-order valence-corrected chi connectivity index (χ4v) is 1.37. The molecule has 0 aliphatic heterocycles. The van der Waals surface area contributed by atoms with E-state index in [0.717, 1.165) is 5.75 Å². The molecule has 0 saturated carbocycles. The molecule has 0 fully saturated rings. The molecule has 2 aromatic carbocycles.